The Hall–Kier alpha value is -3.87. The van der Waals surface area contributed by atoms with Crippen molar-refractivity contribution in [1.29, 1.82) is 0 Å². The third kappa shape index (κ3) is 6.38. The third-order valence-corrected chi connectivity index (χ3v) is 6.18. The van der Waals surface area contributed by atoms with Crippen molar-refractivity contribution < 1.29 is 9.53 Å². The molecule has 3 aromatic rings. The minimum atomic E-state index is -0.185. The zero-order valence-corrected chi connectivity index (χ0v) is 20.6. The lowest BCUT2D eigenvalue weighted by Crippen LogP contribution is -2.38. The summed E-state index contributed by atoms with van der Waals surface area (Å²) in [4.78, 5) is 11.8. The Morgan fingerprint density at radius 1 is 1.00 bits per heavy atom. The zero-order chi connectivity index (χ0) is 24.6. The number of carbonyl (C=O) groups is 1. The molecular formula is C28H33N5O2. The van der Waals surface area contributed by atoms with Crippen molar-refractivity contribution in [2.75, 3.05) is 18.9 Å². The second-order valence-electron chi connectivity index (χ2n) is 8.86. The number of aryl methyl sites for hydroxylation is 1. The van der Waals surface area contributed by atoms with Gasteiger partial charge < -0.3 is 10.1 Å². The summed E-state index contributed by atoms with van der Waals surface area (Å²) in [5.41, 5.74) is 4.04. The number of carbonyl (C=O) groups excluding carboxylic acids is 1. The minimum absolute atomic E-state index is 0.0557. The van der Waals surface area contributed by atoms with Crippen molar-refractivity contribution >= 4 is 11.6 Å². The minimum Gasteiger partial charge on any atom is -0.483 e. The topological polar surface area (TPSA) is 69.5 Å². The van der Waals surface area contributed by atoms with E-state index >= 15 is 0 Å². The Balaban J connectivity index is 1.49. The van der Waals surface area contributed by atoms with Crippen LogP contribution in [0.5, 0.6) is 5.75 Å². The van der Waals surface area contributed by atoms with Gasteiger partial charge in [-0.05, 0) is 48.9 Å². The molecule has 1 aliphatic rings. The van der Waals surface area contributed by atoms with E-state index in [1.54, 1.807) is 0 Å². The molecule has 0 fully saturated rings. The highest BCUT2D eigenvalue weighted by atomic mass is 16.5. The van der Waals surface area contributed by atoms with Crippen LogP contribution in [-0.4, -0.2) is 35.7 Å². The van der Waals surface area contributed by atoms with Gasteiger partial charge in [0.25, 0.3) is 0 Å². The molecule has 1 amide bonds. The van der Waals surface area contributed by atoms with Crippen molar-refractivity contribution in [3.8, 4) is 5.75 Å². The van der Waals surface area contributed by atoms with Gasteiger partial charge in [0.1, 0.15) is 18.0 Å². The highest BCUT2D eigenvalue weighted by Crippen LogP contribution is 2.35. The number of hydrogen-bond donors (Lipinski definition) is 1. The van der Waals surface area contributed by atoms with E-state index in [1.165, 1.54) is 12.5 Å². The van der Waals surface area contributed by atoms with Crippen LogP contribution in [-0.2, 0) is 11.2 Å². The molecule has 4 rings (SSSR count). The summed E-state index contributed by atoms with van der Waals surface area (Å²) >= 11 is 0. The maximum atomic E-state index is 11.8. The van der Waals surface area contributed by atoms with Crippen LogP contribution in [0.3, 0.4) is 0 Å². The van der Waals surface area contributed by atoms with Gasteiger partial charge in [-0.1, -0.05) is 83.2 Å². The summed E-state index contributed by atoms with van der Waals surface area (Å²) in [6, 6.07) is 26.5. The largest absolute Gasteiger partial charge is 0.483 e. The zero-order valence-electron chi connectivity index (χ0n) is 20.6. The Morgan fingerprint density at radius 2 is 1.71 bits per heavy atom. The molecule has 182 valence electrons. The first-order valence-electron chi connectivity index (χ1n) is 12.0. The van der Waals surface area contributed by atoms with Gasteiger partial charge >= 0.3 is 0 Å². The van der Waals surface area contributed by atoms with E-state index in [0.717, 1.165) is 36.9 Å². The number of ether oxygens (including phenoxy) is 1. The van der Waals surface area contributed by atoms with E-state index in [4.69, 9.17) is 4.74 Å². The quantitative estimate of drug-likeness (QED) is 0.397. The third-order valence-electron chi connectivity index (χ3n) is 6.18. The highest BCUT2D eigenvalue weighted by Gasteiger charge is 2.28. The Bertz CT molecular complexity index is 1140. The van der Waals surface area contributed by atoms with Gasteiger partial charge in [-0.3, -0.25) is 14.8 Å². The summed E-state index contributed by atoms with van der Waals surface area (Å²) in [5.74, 6) is 0.577. The highest BCUT2D eigenvalue weighted by molar-refractivity contribution is 5.90. The van der Waals surface area contributed by atoms with Crippen molar-refractivity contribution in [2.24, 2.45) is 10.4 Å². The average molecular weight is 472 g/mol. The first-order chi connectivity index (χ1) is 17.0. The molecule has 0 spiro atoms. The van der Waals surface area contributed by atoms with Crippen LogP contribution >= 0.6 is 0 Å². The first-order valence-corrected chi connectivity index (χ1v) is 12.0. The summed E-state index contributed by atoms with van der Waals surface area (Å²) in [5, 5.41) is 15.6. The fourth-order valence-corrected chi connectivity index (χ4v) is 4.35. The van der Waals surface area contributed by atoms with Crippen LogP contribution < -0.4 is 10.1 Å². The van der Waals surface area contributed by atoms with Gasteiger partial charge in [0.05, 0.1) is 5.69 Å². The van der Waals surface area contributed by atoms with Crippen molar-refractivity contribution in [1.82, 2.24) is 10.0 Å². The van der Waals surface area contributed by atoms with E-state index in [0.29, 0.717) is 11.4 Å². The lowest BCUT2D eigenvalue weighted by atomic mass is 10.0. The number of anilines is 1. The average Bonchev–Trinajstić information content (AvgIpc) is 3.22. The molecule has 0 saturated heterocycles. The number of rotatable bonds is 10. The SMILES string of the molecule is CC(=O)Nc1cccc(C)c1OC(CCC1N(C)N=NN1CCc1ccccc1)c1ccccc1. The van der Waals surface area contributed by atoms with Crippen LogP contribution in [0.25, 0.3) is 0 Å². The summed E-state index contributed by atoms with van der Waals surface area (Å²) in [7, 11) is 1.96. The van der Waals surface area contributed by atoms with E-state index in [-0.39, 0.29) is 18.2 Å². The normalized spacial score (nSPS) is 15.8. The molecular weight excluding hydrogens is 438 g/mol. The van der Waals surface area contributed by atoms with E-state index in [2.05, 4.69) is 57.2 Å². The summed E-state index contributed by atoms with van der Waals surface area (Å²) < 4.78 is 6.61. The number of benzene rings is 3. The van der Waals surface area contributed by atoms with Gasteiger partial charge in [0.2, 0.25) is 5.91 Å². The number of para-hydroxylation sites is 1. The smallest absolute Gasteiger partial charge is 0.221 e. The molecule has 0 aromatic heterocycles. The van der Waals surface area contributed by atoms with Gasteiger partial charge in [0.15, 0.2) is 0 Å². The van der Waals surface area contributed by atoms with E-state index in [1.807, 2.05) is 61.4 Å². The van der Waals surface area contributed by atoms with Crippen LogP contribution in [0.15, 0.2) is 89.3 Å². The first kappa shape index (κ1) is 24.3. The van der Waals surface area contributed by atoms with Crippen LogP contribution in [0.1, 0.15) is 42.6 Å². The molecule has 7 heteroatoms. The number of nitrogens with zero attached hydrogens (tertiary/aromatic N) is 4. The van der Waals surface area contributed by atoms with Crippen molar-refractivity contribution in [3.63, 3.8) is 0 Å². The second kappa shape index (κ2) is 11.5. The molecule has 1 heterocycles. The van der Waals surface area contributed by atoms with Crippen LogP contribution in [0, 0.1) is 6.92 Å². The predicted octanol–water partition coefficient (Wildman–Crippen LogP) is 5.95. The Morgan fingerprint density at radius 3 is 2.43 bits per heavy atom. The molecule has 7 nitrogen and oxygen atoms in total. The number of amides is 1. The maximum absolute atomic E-state index is 11.8. The second-order valence-corrected chi connectivity index (χ2v) is 8.86. The molecule has 0 aliphatic carbocycles. The van der Waals surface area contributed by atoms with Crippen molar-refractivity contribution in [2.45, 2.75) is 45.4 Å². The Labute approximate surface area is 207 Å². The molecule has 0 bridgehead atoms. The maximum Gasteiger partial charge on any atom is 0.221 e. The van der Waals surface area contributed by atoms with Gasteiger partial charge in [-0.15, -0.1) is 0 Å². The van der Waals surface area contributed by atoms with Crippen LogP contribution in [0.4, 0.5) is 5.69 Å². The number of hydrogen-bond acceptors (Lipinski definition) is 6. The van der Waals surface area contributed by atoms with Crippen molar-refractivity contribution in [3.05, 3.63) is 95.6 Å². The van der Waals surface area contributed by atoms with E-state index < -0.39 is 0 Å². The molecule has 2 atom stereocenters. The fourth-order valence-electron chi connectivity index (χ4n) is 4.35. The van der Waals surface area contributed by atoms with Gasteiger partial charge in [-0.25, -0.2) is 0 Å². The molecule has 35 heavy (non-hydrogen) atoms. The fraction of sp³-hybridized carbons (Fsp3) is 0.321. The molecule has 0 saturated carbocycles. The number of nitrogens with one attached hydrogen (secondary N) is 1. The van der Waals surface area contributed by atoms with E-state index in [9.17, 15) is 4.79 Å². The van der Waals surface area contributed by atoms with Gasteiger partial charge in [-0.2, -0.15) is 0 Å². The summed E-state index contributed by atoms with van der Waals surface area (Å²) in [6.45, 7) is 4.30. The standard InChI is InChI=1S/C28H33N5O2/c1-21-11-10-16-25(29-22(2)34)28(21)35-26(24-14-8-5-9-15-24)17-18-27-32(3)30-31-33(27)20-19-23-12-6-4-7-13-23/h4-16,26-27H,17-20H2,1-3H3,(H,29,34). The monoisotopic (exact) mass is 471 g/mol. The molecule has 2 unspecified atom stereocenters. The Kier molecular flexibility index (Phi) is 7.98. The molecule has 1 aliphatic heterocycles. The molecule has 3 aromatic carbocycles. The summed E-state index contributed by atoms with van der Waals surface area (Å²) in [6.07, 6.45) is 2.36. The molecule has 1 N–H and O–H groups in total. The predicted molar refractivity (Wildman–Crippen MR) is 138 cm³/mol. The van der Waals surface area contributed by atoms with Crippen LogP contribution in [0.2, 0.25) is 0 Å². The molecule has 0 radical (unpaired) electrons. The van der Waals surface area contributed by atoms with Gasteiger partial charge in [0, 0.05) is 20.5 Å². The lowest BCUT2D eigenvalue weighted by Gasteiger charge is -2.28. The lowest BCUT2D eigenvalue weighted by molar-refractivity contribution is -0.114.